The second-order valence-corrected chi connectivity index (χ2v) is 8.61. The third-order valence-electron chi connectivity index (χ3n) is 4.34. The molecule has 0 aliphatic rings. The van der Waals surface area contributed by atoms with Crippen LogP contribution in [0, 0.1) is 6.92 Å². The first-order chi connectivity index (χ1) is 13.9. The molecule has 0 saturated heterocycles. The van der Waals surface area contributed by atoms with E-state index >= 15 is 0 Å². The van der Waals surface area contributed by atoms with Crippen molar-refractivity contribution in [2.45, 2.75) is 24.9 Å². The molecule has 0 bridgehead atoms. The standard InChI is InChI=1S/C21H22N4O2S2/c1-16-4-2-3-5-18(16)15-24-29(26,27)20-8-6-19(7-9-20)25-21(28)23-14-17-10-12-22-13-11-17/h2-13,24H,14-15H2,1H3,(H2,23,25,28). The van der Waals surface area contributed by atoms with Crippen molar-refractivity contribution < 1.29 is 8.42 Å². The zero-order valence-corrected chi connectivity index (χ0v) is 17.6. The predicted octanol–water partition coefficient (Wildman–Crippen LogP) is 3.36. The van der Waals surface area contributed by atoms with Crippen molar-refractivity contribution in [3.63, 3.8) is 0 Å². The Hall–Kier alpha value is -2.81. The Labute approximate surface area is 176 Å². The number of nitrogens with one attached hydrogen (secondary N) is 3. The number of thiocarbonyl (C=S) groups is 1. The lowest BCUT2D eigenvalue weighted by Gasteiger charge is -2.12. The van der Waals surface area contributed by atoms with E-state index < -0.39 is 10.0 Å². The molecular formula is C21H22N4O2S2. The Balaban J connectivity index is 1.56. The van der Waals surface area contributed by atoms with Gasteiger partial charge in [0.1, 0.15) is 0 Å². The zero-order valence-electron chi connectivity index (χ0n) is 15.9. The van der Waals surface area contributed by atoms with Crippen molar-refractivity contribution in [2.75, 3.05) is 5.32 Å². The summed E-state index contributed by atoms with van der Waals surface area (Å²) in [6.45, 7) is 2.78. The lowest BCUT2D eigenvalue weighted by Crippen LogP contribution is -2.28. The van der Waals surface area contributed by atoms with E-state index in [2.05, 4.69) is 20.3 Å². The molecule has 2 aromatic carbocycles. The minimum Gasteiger partial charge on any atom is -0.358 e. The number of pyridine rings is 1. The fourth-order valence-electron chi connectivity index (χ4n) is 2.64. The molecule has 0 aliphatic heterocycles. The molecule has 0 atom stereocenters. The van der Waals surface area contributed by atoms with Crippen LogP contribution in [0.3, 0.4) is 0 Å². The highest BCUT2D eigenvalue weighted by atomic mass is 32.2. The molecule has 0 spiro atoms. The smallest absolute Gasteiger partial charge is 0.240 e. The molecule has 0 fully saturated rings. The van der Waals surface area contributed by atoms with E-state index in [1.54, 1.807) is 36.7 Å². The molecule has 29 heavy (non-hydrogen) atoms. The number of sulfonamides is 1. The van der Waals surface area contributed by atoms with Crippen molar-refractivity contribution in [1.82, 2.24) is 15.0 Å². The maximum absolute atomic E-state index is 12.5. The van der Waals surface area contributed by atoms with E-state index in [1.165, 1.54) is 0 Å². The Morgan fingerprint density at radius 2 is 1.66 bits per heavy atom. The van der Waals surface area contributed by atoms with Gasteiger partial charge in [0, 0.05) is 31.2 Å². The molecule has 0 amide bonds. The van der Waals surface area contributed by atoms with E-state index in [-0.39, 0.29) is 11.4 Å². The maximum atomic E-state index is 12.5. The fourth-order valence-corrected chi connectivity index (χ4v) is 3.84. The normalized spacial score (nSPS) is 11.1. The maximum Gasteiger partial charge on any atom is 0.240 e. The van der Waals surface area contributed by atoms with Gasteiger partial charge in [0.05, 0.1) is 4.90 Å². The first kappa shape index (κ1) is 20.9. The van der Waals surface area contributed by atoms with Crippen LogP contribution in [-0.4, -0.2) is 18.5 Å². The Morgan fingerprint density at radius 3 is 2.34 bits per heavy atom. The van der Waals surface area contributed by atoms with E-state index in [0.29, 0.717) is 17.3 Å². The number of benzene rings is 2. The van der Waals surface area contributed by atoms with Crippen molar-refractivity contribution in [2.24, 2.45) is 0 Å². The summed E-state index contributed by atoms with van der Waals surface area (Å²) in [5.74, 6) is 0. The minimum absolute atomic E-state index is 0.201. The molecule has 3 N–H and O–H groups in total. The molecular weight excluding hydrogens is 404 g/mol. The van der Waals surface area contributed by atoms with Crippen LogP contribution >= 0.6 is 12.2 Å². The molecule has 0 radical (unpaired) electrons. The molecule has 3 aromatic rings. The van der Waals surface area contributed by atoms with Crippen LogP contribution in [0.25, 0.3) is 0 Å². The van der Waals surface area contributed by atoms with Crippen molar-refractivity contribution in [3.8, 4) is 0 Å². The summed E-state index contributed by atoms with van der Waals surface area (Å²) in [4.78, 5) is 4.17. The van der Waals surface area contributed by atoms with Gasteiger partial charge in [-0.3, -0.25) is 4.98 Å². The summed E-state index contributed by atoms with van der Waals surface area (Å²) >= 11 is 5.28. The quantitative estimate of drug-likeness (QED) is 0.503. The predicted molar refractivity (Wildman–Crippen MR) is 119 cm³/mol. The van der Waals surface area contributed by atoms with Gasteiger partial charge in [-0.05, 0) is 72.2 Å². The highest BCUT2D eigenvalue weighted by Gasteiger charge is 2.14. The zero-order chi connectivity index (χ0) is 20.7. The summed E-state index contributed by atoms with van der Waals surface area (Å²) in [7, 11) is -3.60. The van der Waals surface area contributed by atoms with Crippen LogP contribution in [0.15, 0.2) is 78.0 Å². The third kappa shape index (κ3) is 6.08. The van der Waals surface area contributed by atoms with E-state index in [9.17, 15) is 8.42 Å². The highest BCUT2D eigenvalue weighted by Crippen LogP contribution is 2.15. The third-order valence-corrected chi connectivity index (χ3v) is 6.00. The Bertz CT molecular complexity index is 1070. The minimum atomic E-state index is -3.60. The van der Waals surface area contributed by atoms with E-state index in [4.69, 9.17) is 12.2 Å². The summed E-state index contributed by atoms with van der Waals surface area (Å²) in [5, 5.41) is 6.60. The van der Waals surface area contributed by atoms with Gasteiger partial charge in [0.2, 0.25) is 10.0 Å². The number of nitrogens with zero attached hydrogens (tertiary/aromatic N) is 1. The van der Waals surface area contributed by atoms with Gasteiger partial charge in [0.25, 0.3) is 0 Å². The van der Waals surface area contributed by atoms with Crippen LogP contribution in [0.5, 0.6) is 0 Å². The van der Waals surface area contributed by atoms with Crippen LogP contribution in [0.2, 0.25) is 0 Å². The fraction of sp³-hybridized carbons (Fsp3) is 0.143. The number of hydrogen-bond donors (Lipinski definition) is 3. The lowest BCUT2D eigenvalue weighted by molar-refractivity contribution is 0.581. The first-order valence-corrected chi connectivity index (χ1v) is 10.9. The molecule has 8 heteroatoms. The van der Waals surface area contributed by atoms with Crippen molar-refractivity contribution >= 4 is 33.0 Å². The topological polar surface area (TPSA) is 83.1 Å². The molecule has 0 saturated carbocycles. The number of anilines is 1. The second-order valence-electron chi connectivity index (χ2n) is 6.44. The van der Waals surface area contributed by atoms with Crippen LogP contribution in [0.1, 0.15) is 16.7 Å². The van der Waals surface area contributed by atoms with Gasteiger partial charge in [-0.2, -0.15) is 0 Å². The Kier molecular flexibility index (Phi) is 6.92. The second kappa shape index (κ2) is 9.60. The number of rotatable bonds is 7. The van der Waals surface area contributed by atoms with Crippen molar-refractivity contribution in [1.29, 1.82) is 0 Å². The van der Waals surface area contributed by atoms with Crippen molar-refractivity contribution in [3.05, 3.63) is 89.7 Å². The lowest BCUT2D eigenvalue weighted by atomic mass is 10.1. The SMILES string of the molecule is Cc1ccccc1CNS(=O)(=O)c1ccc(NC(=S)NCc2ccncc2)cc1. The van der Waals surface area contributed by atoms with Gasteiger partial charge in [-0.25, -0.2) is 13.1 Å². The summed E-state index contributed by atoms with van der Waals surface area (Å²) in [6.07, 6.45) is 3.44. The molecule has 1 heterocycles. The number of aryl methyl sites for hydroxylation is 1. The average Bonchev–Trinajstić information content (AvgIpc) is 2.73. The first-order valence-electron chi connectivity index (χ1n) is 9.02. The monoisotopic (exact) mass is 426 g/mol. The molecule has 0 unspecified atom stereocenters. The number of aromatic nitrogens is 1. The van der Waals surface area contributed by atoms with E-state index in [0.717, 1.165) is 16.7 Å². The van der Waals surface area contributed by atoms with Crippen LogP contribution in [-0.2, 0) is 23.1 Å². The van der Waals surface area contributed by atoms with Gasteiger partial charge >= 0.3 is 0 Å². The van der Waals surface area contributed by atoms with Crippen LogP contribution in [0.4, 0.5) is 5.69 Å². The summed E-state index contributed by atoms with van der Waals surface area (Å²) in [5.41, 5.74) is 3.75. The largest absolute Gasteiger partial charge is 0.358 e. The van der Waals surface area contributed by atoms with Gasteiger partial charge in [-0.1, -0.05) is 24.3 Å². The summed E-state index contributed by atoms with van der Waals surface area (Å²) < 4.78 is 27.7. The molecule has 3 rings (SSSR count). The van der Waals surface area contributed by atoms with Gasteiger partial charge < -0.3 is 10.6 Å². The van der Waals surface area contributed by atoms with Gasteiger partial charge in [-0.15, -0.1) is 0 Å². The van der Waals surface area contributed by atoms with E-state index in [1.807, 2.05) is 43.3 Å². The number of hydrogen-bond acceptors (Lipinski definition) is 4. The molecule has 150 valence electrons. The molecule has 6 nitrogen and oxygen atoms in total. The molecule has 1 aromatic heterocycles. The van der Waals surface area contributed by atoms with Crippen LogP contribution < -0.4 is 15.4 Å². The highest BCUT2D eigenvalue weighted by molar-refractivity contribution is 7.89. The summed E-state index contributed by atoms with van der Waals surface area (Å²) in [6, 6.07) is 17.9. The van der Waals surface area contributed by atoms with Gasteiger partial charge in [0.15, 0.2) is 5.11 Å². The average molecular weight is 427 g/mol. The molecule has 0 aliphatic carbocycles. The Morgan fingerprint density at radius 1 is 0.966 bits per heavy atom.